The number of aldehydes is 1. The smallest absolute Gasteiger partial charge is 0.187 e. The topological polar surface area (TPSA) is 74.0 Å². The maximum absolute atomic E-state index is 14.2. The molecule has 0 aromatic heterocycles. The normalized spacial score (nSPS) is 22.0. The highest BCUT2D eigenvalue weighted by Crippen LogP contribution is 2.28. The van der Waals surface area contributed by atoms with Gasteiger partial charge in [-0.1, -0.05) is 0 Å². The maximum Gasteiger partial charge on any atom is 0.187 e. The van der Waals surface area contributed by atoms with E-state index in [9.17, 15) is 9.18 Å². The van der Waals surface area contributed by atoms with Crippen LogP contribution in [0.2, 0.25) is 0 Å². The van der Waals surface area contributed by atoms with Gasteiger partial charge in [-0.3, -0.25) is 4.79 Å². The first-order valence-electron chi connectivity index (χ1n) is 6.57. The van der Waals surface area contributed by atoms with Gasteiger partial charge >= 0.3 is 0 Å². The number of halogens is 1. The molecule has 0 spiro atoms. The number of benzene rings is 1. The van der Waals surface area contributed by atoms with Gasteiger partial charge in [0.25, 0.3) is 0 Å². The highest BCUT2D eigenvalue weighted by Gasteiger charge is 2.32. The highest BCUT2D eigenvalue weighted by molar-refractivity contribution is 5.65. The summed E-state index contributed by atoms with van der Waals surface area (Å²) in [6.07, 6.45) is -1.08. The van der Waals surface area contributed by atoms with E-state index < -0.39 is 18.3 Å². The van der Waals surface area contributed by atoms with E-state index in [1.165, 1.54) is 20.3 Å². The molecule has 1 aromatic rings. The molecular formula is C14H19FN2O4. The Morgan fingerprint density at radius 1 is 1.52 bits per heavy atom. The van der Waals surface area contributed by atoms with Crippen molar-refractivity contribution >= 4 is 12.0 Å². The van der Waals surface area contributed by atoms with E-state index in [0.717, 1.165) is 0 Å². The van der Waals surface area contributed by atoms with E-state index >= 15 is 0 Å². The Balaban J connectivity index is 2.25. The Hall–Kier alpha value is -1.54. The number of hydrogen-bond acceptors (Lipinski definition) is 6. The number of methoxy groups -OCH3 is 2. The quantitative estimate of drug-likeness (QED) is 0.619. The molecule has 0 saturated carbocycles. The van der Waals surface area contributed by atoms with Crippen LogP contribution in [-0.4, -0.2) is 45.9 Å². The summed E-state index contributed by atoms with van der Waals surface area (Å²) < 4.78 is 29.7. The molecule has 1 unspecified atom stereocenters. The highest BCUT2D eigenvalue weighted by atomic mass is 19.1. The summed E-state index contributed by atoms with van der Waals surface area (Å²) in [6.45, 7) is 0.744. The van der Waals surface area contributed by atoms with Gasteiger partial charge in [0.1, 0.15) is 5.82 Å². The van der Waals surface area contributed by atoms with Crippen LogP contribution >= 0.6 is 0 Å². The zero-order valence-corrected chi connectivity index (χ0v) is 12.0. The molecule has 0 aliphatic carbocycles. The van der Waals surface area contributed by atoms with E-state index in [2.05, 4.69) is 0 Å². The molecular weight excluding hydrogens is 279 g/mol. The molecule has 0 bridgehead atoms. The SMILES string of the molecule is COC(OC)c1ccc(N2C[C@H](CN)OC2C=O)cc1F. The molecule has 6 nitrogen and oxygen atoms in total. The van der Waals surface area contributed by atoms with Gasteiger partial charge in [-0.2, -0.15) is 0 Å². The van der Waals surface area contributed by atoms with Crippen molar-refractivity contribution in [3.8, 4) is 0 Å². The lowest BCUT2D eigenvalue weighted by Crippen LogP contribution is -2.31. The number of rotatable bonds is 6. The average molecular weight is 298 g/mol. The van der Waals surface area contributed by atoms with Gasteiger partial charge in [-0.15, -0.1) is 0 Å². The molecule has 2 N–H and O–H groups in total. The van der Waals surface area contributed by atoms with Gasteiger partial charge in [0.05, 0.1) is 6.10 Å². The minimum atomic E-state index is -0.771. The molecule has 0 radical (unpaired) electrons. The van der Waals surface area contributed by atoms with Crippen molar-refractivity contribution in [1.29, 1.82) is 0 Å². The fraction of sp³-hybridized carbons (Fsp3) is 0.500. The van der Waals surface area contributed by atoms with Crippen molar-refractivity contribution < 1.29 is 23.4 Å². The third kappa shape index (κ3) is 3.21. The lowest BCUT2D eigenvalue weighted by Gasteiger charge is -2.22. The third-order valence-electron chi connectivity index (χ3n) is 3.42. The van der Waals surface area contributed by atoms with Crippen LogP contribution in [0.3, 0.4) is 0 Å². The Kier molecular flexibility index (Phi) is 5.24. The number of nitrogens with two attached hydrogens (primary N) is 1. The van der Waals surface area contributed by atoms with Gasteiger partial charge in [0.15, 0.2) is 18.8 Å². The van der Waals surface area contributed by atoms with Gasteiger partial charge < -0.3 is 24.8 Å². The molecule has 0 amide bonds. The second-order valence-electron chi connectivity index (χ2n) is 4.68. The molecule has 116 valence electrons. The molecule has 21 heavy (non-hydrogen) atoms. The first-order chi connectivity index (χ1) is 10.1. The van der Waals surface area contributed by atoms with Crippen LogP contribution < -0.4 is 10.6 Å². The molecule has 1 heterocycles. The van der Waals surface area contributed by atoms with Crippen LogP contribution in [0.1, 0.15) is 11.9 Å². The van der Waals surface area contributed by atoms with E-state index in [-0.39, 0.29) is 6.10 Å². The lowest BCUT2D eigenvalue weighted by molar-refractivity contribution is -0.117. The largest absolute Gasteiger partial charge is 0.352 e. The Labute approximate surface area is 122 Å². The molecule has 7 heteroatoms. The van der Waals surface area contributed by atoms with Crippen LogP contribution in [0.15, 0.2) is 18.2 Å². The van der Waals surface area contributed by atoms with E-state index in [1.54, 1.807) is 17.0 Å². The van der Waals surface area contributed by atoms with Crippen molar-refractivity contribution in [1.82, 2.24) is 0 Å². The second kappa shape index (κ2) is 6.95. The fourth-order valence-electron chi connectivity index (χ4n) is 2.36. The lowest BCUT2D eigenvalue weighted by atomic mass is 10.1. The van der Waals surface area contributed by atoms with E-state index in [4.69, 9.17) is 19.9 Å². The summed E-state index contributed by atoms with van der Waals surface area (Å²) in [6, 6.07) is 4.60. The Morgan fingerprint density at radius 3 is 2.76 bits per heavy atom. The summed E-state index contributed by atoms with van der Waals surface area (Å²) in [7, 11) is 2.87. The minimum absolute atomic E-state index is 0.242. The first kappa shape index (κ1) is 15.8. The average Bonchev–Trinajstić information content (AvgIpc) is 2.93. The standard InChI is InChI=1S/C14H19FN2O4/c1-19-14(20-2)11-4-3-9(5-12(11)15)17-7-10(6-16)21-13(17)8-18/h3-5,8,10,13-14H,6-7,16H2,1-2H3/t10-,13?/m0/s1. The van der Waals surface area contributed by atoms with Gasteiger partial charge in [0, 0.05) is 38.6 Å². The molecule has 1 aliphatic rings. The van der Waals surface area contributed by atoms with E-state index in [0.29, 0.717) is 30.6 Å². The van der Waals surface area contributed by atoms with Gasteiger partial charge in [-0.25, -0.2) is 4.39 Å². The summed E-state index contributed by atoms with van der Waals surface area (Å²) in [5.74, 6) is -0.470. The van der Waals surface area contributed by atoms with E-state index in [1.807, 2.05) is 0 Å². The number of hydrogen-bond donors (Lipinski definition) is 1. The van der Waals surface area contributed by atoms with Crippen molar-refractivity contribution in [3.63, 3.8) is 0 Å². The van der Waals surface area contributed by atoms with Crippen molar-refractivity contribution in [2.75, 3.05) is 32.2 Å². The number of anilines is 1. The zero-order chi connectivity index (χ0) is 15.4. The summed E-state index contributed by atoms with van der Waals surface area (Å²) in [5, 5.41) is 0. The summed E-state index contributed by atoms with van der Waals surface area (Å²) >= 11 is 0. The number of nitrogens with zero attached hydrogens (tertiary/aromatic N) is 1. The molecule has 1 saturated heterocycles. The van der Waals surface area contributed by atoms with Crippen LogP contribution in [0.4, 0.5) is 10.1 Å². The van der Waals surface area contributed by atoms with Gasteiger partial charge in [-0.05, 0) is 18.2 Å². The second-order valence-corrected chi connectivity index (χ2v) is 4.68. The number of carbonyl (C=O) groups is 1. The van der Waals surface area contributed by atoms with Crippen LogP contribution in [0, 0.1) is 5.82 Å². The fourth-order valence-corrected chi connectivity index (χ4v) is 2.36. The van der Waals surface area contributed by atoms with Gasteiger partial charge in [0.2, 0.25) is 0 Å². The predicted octanol–water partition coefficient (Wildman–Crippen LogP) is 0.806. The summed E-state index contributed by atoms with van der Waals surface area (Å²) in [5.41, 5.74) is 6.39. The summed E-state index contributed by atoms with van der Waals surface area (Å²) in [4.78, 5) is 12.7. The molecule has 1 fully saturated rings. The molecule has 2 rings (SSSR count). The monoisotopic (exact) mass is 298 g/mol. The van der Waals surface area contributed by atoms with Crippen molar-refractivity contribution in [3.05, 3.63) is 29.6 Å². The molecule has 1 aromatic carbocycles. The Morgan fingerprint density at radius 2 is 2.24 bits per heavy atom. The first-order valence-corrected chi connectivity index (χ1v) is 6.57. The van der Waals surface area contributed by atoms with Crippen molar-refractivity contribution in [2.24, 2.45) is 5.73 Å². The number of carbonyl (C=O) groups excluding carboxylic acids is 1. The predicted molar refractivity (Wildman–Crippen MR) is 74.3 cm³/mol. The molecule has 2 atom stereocenters. The van der Waals surface area contributed by atoms with Crippen molar-refractivity contribution in [2.45, 2.75) is 18.6 Å². The van der Waals surface area contributed by atoms with Crippen LogP contribution in [-0.2, 0) is 19.0 Å². The zero-order valence-electron chi connectivity index (χ0n) is 12.0. The number of ether oxygens (including phenoxy) is 3. The van der Waals surface area contributed by atoms with Crippen LogP contribution in [0.25, 0.3) is 0 Å². The van der Waals surface area contributed by atoms with Crippen LogP contribution in [0.5, 0.6) is 0 Å². The molecule has 1 aliphatic heterocycles. The maximum atomic E-state index is 14.2. The Bertz CT molecular complexity index is 496. The minimum Gasteiger partial charge on any atom is -0.352 e. The third-order valence-corrected chi connectivity index (χ3v) is 3.42.